The summed E-state index contributed by atoms with van der Waals surface area (Å²) in [6.07, 6.45) is -3.24. The van der Waals surface area contributed by atoms with E-state index in [1.165, 1.54) is 61.4 Å². The van der Waals surface area contributed by atoms with E-state index in [0.717, 1.165) is 16.4 Å². The number of nitrogens with zero attached hydrogens (tertiary/aromatic N) is 3. The molecule has 11 heteroatoms. The van der Waals surface area contributed by atoms with Crippen LogP contribution in [0.5, 0.6) is 0 Å². The highest BCUT2D eigenvalue weighted by Crippen LogP contribution is 2.30. The molecule has 0 radical (unpaired) electrons. The predicted octanol–water partition coefficient (Wildman–Crippen LogP) is 3.70. The SMILES string of the molecule is Cc1c(C(=O)Nc2ccc(S(=O)(=O)N(C)C)cc2)cnn1-c1cccc(C(F)(F)F)c1. The van der Waals surface area contributed by atoms with Gasteiger partial charge in [0.1, 0.15) is 0 Å². The van der Waals surface area contributed by atoms with Crippen molar-refractivity contribution in [3.63, 3.8) is 0 Å². The van der Waals surface area contributed by atoms with E-state index in [-0.39, 0.29) is 16.1 Å². The van der Waals surface area contributed by atoms with Crippen molar-refractivity contribution in [3.8, 4) is 5.69 Å². The molecule has 164 valence electrons. The summed E-state index contributed by atoms with van der Waals surface area (Å²) in [6.45, 7) is 1.56. The predicted molar refractivity (Wildman–Crippen MR) is 109 cm³/mol. The van der Waals surface area contributed by atoms with Crippen LogP contribution in [0.3, 0.4) is 0 Å². The quantitative estimate of drug-likeness (QED) is 0.640. The van der Waals surface area contributed by atoms with Crippen LogP contribution in [0.1, 0.15) is 21.6 Å². The van der Waals surface area contributed by atoms with Crippen LogP contribution in [0.4, 0.5) is 18.9 Å². The van der Waals surface area contributed by atoms with Gasteiger partial charge >= 0.3 is 6.18 Å². The highest BCUT2D eigenvalue weighted by Gasteiger charge is 2.30. The van der Waals surface area contributed by atoms with Gasteiger partial charge in [-0.25, -0.2) is 17.4 Å². The standard InChI is InChI=1S/C20H19F3N4O3S/c1-13-18(12-24-27(13)16-6-4-5-14(11-16)20(21,22)23)19(28)25-15-7-9-17(10-8-15)31(29,30)26(2)3/h4-12H,1-3H3,(H,25,28). The molecular weight excluding hydrogens is 433 g/mol. The van der Waals surface area contributed by atoms with E-state index >= 15 is 0 Å². The van der Waals surface area contributed by atoms with Crippen molar-refractivity contribution in [2.75, 3.05) is 19.4 Å². The van der Waals surface area contributed by atoms with E-state index < -0.39 is 27.7 Å². The smallest absolute Gasteiger partial charge is 0.322 e. The molecule has 0 aliphatic carbocycles. The molecule has 0 aliphatic heterocycles. The van der Waals surface area contributed by atoms with Crippen molar-refractivity contribution in [2.24, 2.45) is 0 Å². The van der Waals surface area contributed by atoms with Crippen molar-refractivity contribution in [1.82, 2.24) is 14.1 Å². The second-order valence-electron chi connectivity index (χ2n) is 6.87. The minimum atomic E-state index is -4.50. The summed E-state index contributed by atoms with van der Waals surface area (Å²) in [7, 11) is -0.770. The van der Waals surface area contributed by atoms with Gasteiger partial charge < -0.3 is 5.32 Å². The Hall–Kier alpha value is -3.18. The number of hydrogen-bond donors (Lipinski definition) is 1. The van der Waals surface area contributed by atoms with E-state index in [1.807, 2.05) is 0 Å². The molecule has 0 unspecified atom stereocenters. The molecule has 7 nitrogen and oxygen atoms in total. The number of halogens is 3. The molecule has 0 saturated heterocycles. The lowest BCUT2D eigenvalue weighted by Gasteiger charge is -2.12. The van der Waals surface area contributed by atoms with Crippen molar-refractivity contribution in [3.05, 3.63) is 71.5 Å². The van der Waals surface area contributed by atoms with Crippen LogP contribution in [0.2, 0.25) is 0 Å². The molecular formula is C20H19F3N4O3S. The molecule has 1 amide bonds. The molecule has 0 fully saturated rings. The Morgan fingerprint density at radius 3 is 2.32 bits per heavy atom. The maximum atomic E-state index is 13.0. The maximum Gasteiger partial charge on any atom is 0.416 e. The fourth-order valence-electron chi connectivity index (χ4n) is 2.83. The number of sulfonamides is 1. The molecule has 0 saturated carbocycles. The second-order valence-corrected chi connectivity index (χ2v) is 9.02. The van der Waals surface area contributed by atoms with Crippen molar-refractivity contribution >= 4 is 21.6 Å². The molecule has 0 spiro atoms. The Labute approximate surface area is 177 Å². The summed E-state index contributed by atoms with van der Waals surface area (Å²) >= 11 is 0. The largest absolute Gasteiger partial charge is 0.416 e. The molecule has 1 heterocycles. The highest BCUT2D eigenvalue weighted by molar-refractivity contribution is 7.89. The summed E-state index contributed by atoms with van der Waals surface area (Å²) in [4.78, 5) is 12.7. The van der Waals surface area contributed by atoms with E-state index in [0.29, 0.717) is 11.4 Å². The third-order valence-corrected chi connectivity index (χ3v) is 6.39. The average Bonchev–Trinajstić information content (AvgIpc) is 3.09. The zero-order chi connectivity index (χ0) is 23.0. The molecule has 0 bridgehead atoms. The third kappa shape index (κ3) is 4.62. The Kier molecular flexibility index (Phi) is 5.92. The van der Waals surface area contributed by atoms with Crippen LogP contribution in [-0.2, 0) is 16.2 Å². The van der Waals surface area contributed by atoms with Gasteiger partial charge in [0.25, 0.3) is 5.91 Å². The minimum Gasteiger partial charge on any atom is -0.322 e. The number of aromatic nitrogens is 2. The first kappa shape index (κ1) is 22.5. The van der Waals surface area contributed by atoms with E-state index in [4.69, 9.17) is 0 Å². The van der Waals surface area contributed by atoms with E-state index in [2.05, 4.69) is 10.4 Å². The number of alkyl halides is 3. The number of nitrogens with one attached hydrogen (secondary N) is 1. The Morgan fingerprint density at radius 1 is 1.10 bits per heavy atom. The lowest BCUT2D eigenvalue weighted by Crippen LogP contribution is -2.22. The summed E-state index contributed by atoms with van der Waals surface area (Å²) in [6, 6.07) is 10.3. The Bertz CT molecular complexity index is 1220. The summed E-state index contributed by atoms with van der Waals surface area (Å²) in [5.41, 5.74) is 0.225. The molecule has 1 aromatic heterocycles. The van der Waals surface area contributed by atoms with Gasteiger partial charge in [0.15, 0.2) is 0 Å². The van der Waals surface area contributed by atoms with Gasteiger partial charge in [0.05, 0.1) is 33.6 Å². The number of amides is 1. The zero-order valence-electron chi connectivity index (χ0n) is 16.8. The lowest BCUT2D eigenvalue weighted by molar-refractivity contribution is -0.137. The van der Waals surface area contributed by atoms with Gasteiger partial charge in [-0.2, -0.15) is 18.3 Å². The van der Waals surface area contributed by atoms with Crippen LogP contribution in [0.15, 0.2) is 59.6 Å². The minimum absolute atomic E-state index is 0.0732. The van der Waals surface area contributed by atoms with Crippen LogP contribution in [0.25, 0.3) is 5.69 Å². The van der Waals surface area contributed by atoms with Gasteiger partial charge in [0.2, 0.25) is 10.0 Å². The molecule has 2 aromatic carbocycles. The molecule has 3 aromatic rings. The van der Waals surface area contributed by atoms with E-state index in [9.17, 15) is 26.4 Å². The average molecular weight is 452 g/mol. The third-order valence-electron chi connectivity index (χ3n) is 4.56. The van der Waals surface area contributed by atoms with Crippen molar-refractivity contribution in [2.45, 2.75) is 18.0 Å². The van der Waals surface area contributed by atoms with Crippen LogP contribution >= 0.6 is 0 Å². The van der Waals surface area contributed by atoms with Gasteiger partial charge in [0, 0.05) is 19.8 Å². The number of hydrogen-bond acceptors (Lipinski definition) is 4. The fourth-order valence-corrected chi connectivity index (χ4v) is 3.73. The Morgan fingerprint density at radius 2 is 1.74 bits per heavy atom. The lowest BCUT2D eigenvalue weighted by atomic mass is 10.2. The second kappa shape index (κ2) is 8.16. The van der Waals surface area contributed by atoms with Gasteiger partial charge in [-0.15, -0.1) is 0 Å². The number of rotatable bonds is 5. The first-order valence-electron chi connectivity index (χ1n) is 8.97. The fraction of sp³-hybridized carbons (Fsp3) is 0.200. The topological polar surface area (TPSA) is 84.3 Å². The van der Waals surface area contributed by atoms with Crippen molar-refractivity contribution < 1.29 is 26.4 Å². The van der Waals surface area contributed by atoms with Gasteiger partial charge in [-0.05, 0) is 49.4 Å². The molecule has 0 atom stereocenters. The van der Waals surface area contributed by atoms with Crippen LogP contribution in [0, 0.1) is 6.92 Å². The maximum absolute atomic E-state index is 13.0. The number of carbonyl (C=O) groups excluding carboxylic acids is 1. The molecule has 0 aliphatic rings. The summed E-state index contributed by atoms with van der Waals surface area (Å²) in [5, 5.41) is 6.67. The first-order chi connectivity index (χ1) is 14.4. The molecule has 1 N–H and O–H groups in total. The highest BCUT2D eigenvalue weighted by atomic mass is 32.2. The number of anilines is 1. The summed E-state index contributed by atoms with van der Waals surface area (Å²) < 4.78 is 65.5. The molecule has 3 rings (SSSR count). The normalized spacial score (nSPS) is 12.2. The van der Waals surface area contributed by atoms with Crippen LogP contribution < -0.4 is 5.32 Å². The van der Waals surface area contributed by atoms with Gasteiger partial charge in [-0.3, -0.25) is 4.79 Å². The Balaban J connectivity index is 1.83. The van der Waals surface area contributed by atoms with E-state index in [1.54, 1.807) is 6.92 Å². The van der Waals surface area contributed by atoms with Crippen LogP contribution in [-0.4, -0.2) is 42.5 Å². The monoisotopic (exact) mass is 452 g/mol. The number of benzene rings is 2. The zero-order valence-corrected chi connectivity index (χ0v) is 17.6. The summed E-state index contributed by atoms with van der Waals surface area (Å²) in [5.74, 6) is -0.529. The van der Waals surface area contributed by atoms with Gasteiger partial charge in [-0.1, -0.05) is 6.07 Å². The van der Waals surface area contributed by atoms with Crippen molar-refractivity contribution in [1.29, 1.82) is 0 Å². The molecule has 31 heavy (non-hydrogen) atoms. The first-order valence-corrected chi connectivity index (χ1v) is 10.4. The number of carbonyl (C=O) groups is 1.